The summed E-state index contributed by atoms with van der Waals surface area (Å²) >= 11 is 0.236. The molecule has 4 rings (SSSR count). The van der Waals surface area contributed by atoms with Crippen molar-refractivity contribution in [3.8, 4) is 11.5 Å². The standard InChI is InChI=1S/C22H18O2Se/c1-23-15-12-19-17-10-6-7-11-18(17)22(14-20(19)21(13-15)24-2)25-16-8-4-3-5-9-16/h3-14H,1-2H3. The molecule has 0 fully saturated rings. The molecule has 3 heteroatoms. The van der Waals surface area contributed by atoms with Gasteiger partial charge in [-0.2, -0.15) is 0 Å². The molecular weight excluding hydrogens is 375 g/mol. The number of methoxy groups -OCH3 is 2. The van der Waals surface area contributed by atoms with Crippen molar-refractivity contribution >= 4 is 45.4 Å². The van der Waals surface area contributed by atoms with Gasteiger partial charge in [-0.1, -0.05) is 0 Å². The number of benzene rings is 4. The molecule has 0 heterocycles. The fourth-order valence-electron chi connectivity index (χ4n) is 3.10. The topological polar surface area (TPSA) is 18.5 Å². The Morgan fingerprint density at radius 3 is 2.08 bits per heavy atom. The van der Waals surface area contributed by atoms with Crippen molar-refractivity contribution < 1.29 is 9.47 Å². The maximum atomic E-state index is 5.65. The van der Waals surface area contributed by atoms with Crippen molar-refractivity contribution in [1.29, 1.82) is 0 Å². The molecule has 0 amide bonds. The van der Waals surface area contributed by atoms with Crippen LogP contribution in [0, 0.1) is 0 Å². The fourth-order valence-corrected chi connectivity index (χ4v) is 5.22. The average Bonchev–Trinajstić information content (AvgIpc) is 2.68. The van der Waals surface area contributed by atoms with Crippen LogP contribution in [0.5, 0.6) is 11.5 Å². The molecule has 0 aliphatic rings. The van der Waals surface area contributed by atoms with Crippen LogP contribution < -0.4 is 18.4 Å². The zero-order valence-electron chi connectivity index (χ0n) is 14.2. The predicted octanol–water partition coefficient (Wildman–Crippen LogP) is 3.67. The van der Waals surface area contributed by atoms with Crippen molar-refractivity contribution in [3.63, 3.8) is 0 Å². The van der Waals surface area contributed by atoms with Gasteiger partial charge in [-0.15, -0.1) is 0 Å². The van der Waals surface area contributed by atoms with E-state index in [1.165, 1.54) is 25.1 Å². The summed E-state index contributed by atoms with van der Waals surface area (Å²) in [4.78, 5) is 0. The quantitative estimate of drug-likeness (QED) is 0.389. The van der Waals surface area contributed by atoms with Gasteiger partial charge in [0.05, 0.1) is 0 Å². The molecule has 124 valence electrons. The molecule has 0 aliphatic heterocycles. The van der Waals surface area contributed by atoms with Crippen LogP contribution in [0.4, 0.5) is 0 Å². The van der Waals surface area contributed by atoms with Gasteiger partial charge in [0.2, 0.25) is 0 Å². The number of fused-ring (bicyclic) bond motifs is 3. The SMILES string of the molecule is COc1cc(OC)c2cc([Se]c3ccccc3)c3ccccc3c2c1. The monoisotopic (exact) mass is 394 g/mol. The van der Waals surface area contributed by atoms with Gasteiger partial charge in [-0.3, -0.25) is 0 Å². The van der Waals surface area contributed by atoms with E-state index in [0.717, 1.165) is 16.9 Å². The third kappa shape index (κ3) is 2.97. The summed E-state index contributed by atoms with van der Waals surface area (Å²) < 4.78 is 13.8. The molecule has 2 nitrogen and oxygen atoms in total. The first-order valence-corrected chi connectivity index (χ1v) is 9.82. The molecule has 0 saturated heterocycles. The van der Waals surface area contributed by atoms with E-state index >= 15 is 0 Å². The summed E-state index contributed by atoms with van der Waals surface area (Å²) in [5.74, 6) is 1.67. The first-order valence-electron chi connectivity index (χ1n) is 8.10. The Labute approximate surface area is 153 Å². The van der Waals surface area contributed by atoms with E-state index in [-0.39, 0.29) is 15.0 Å². The van der Waals surface area contributed by atoms with Crippen molar-refractivity contribution in [1.82, 2.24) is 0 Å². The molecule has 0 N–H and O–H groups in total. The third-order valence-corrected chi connectivity index (χ3v) is 6.54. The molecule has 0 aromatic heterocycles. The Bertz CT molecular complexity index is 1040. The van der Waals surface area contributed by atoms with E-state index in [2.05, 4.69) is 66.7 Å². The zero-order valence-corrected chi connectivity index (χ0v) is 15.9. The van der Waals surface area contributed by atoms with Crippen LogP contribution in [0.25, 0.3) is 21.5 Å². The van der Waals surface area contributed by atoms with Gasteiger partial charge in [0.1, 0.15) is 0 Å². The van der Waals surface area contributed by atoms with E-state index in [1.807, 2.05) is 6.07 Å². The van der Waals surface area contributed by atoms with Crippen molar-refractivity contribution in [2.24, 2.45) is 0 Å². The summed E-state index contributed by atoms with van der Waals surface area (Å²) in [6, 6.07) is 25.6. The van der Waals surface area contributed by atoms with Crippen molar-refractivity contribution in [3.05, 3.63) is 72.8 Å². The average molecular weight is 393 g/mol. The van der Waals surface area contributed by atoms with E-state index in [4.69, 9.17) is 9.47 Å². The van der Waals surface area contributed by atoms with E-state index in [0.29, 0.717) is 0 Å². The molecule has 4 aromatic rings. The van der Waals surface area contributed by atoms with Gasteiger partial charge in [-0.25, -0.2) is 0 Å². The number of hydrogen-bond acceptors (Lipinski definition) is 2. The number of ether oxygens (including phenoxy) is 2. The third-order valence-electron chi connectivity index (χ3n) is 4.30. The molecule has 4 aromatic carbocycles. The van der Waals surface area contributed by atoms with Crippen molar-refractivity contribution in [2.45, 2.75) is 0 Å². The molecule has 0 atom stereocenters. The molecule has 0 unspecified atom stereocenters. The van der Waals surface area contributed by atoms with Gasteiger partial charge < -0.3 is 0 Å². The second-order valence-corrected chi connectivity index (χ2v) is 8.10. The maximum absolute atomic E-state index is 5.65. The molecular formula is C22H18O2Se. The fraction of sp³-hybridized carbons (Fsp3) is 0.0909. The van der Waals surface area contributed by atoms with Gasteiger partial charge in [0.25, 0.3) is 0 Å². The Morgan fingerprint density at radius 1 is 0.640 bits per heavy atom. The number of rotatable bonds is 4. The Kier molecular flexibility index (Phi) is 4.35. The predicted molar refractivity (Wildman–Crippen MR) is 106 cm³/mol. The van der Waals surface area contributed by atoms with E-state index in [9.17, 15) is 0 Å². The second-order valence-electron chi connectivity index (χ2n) is 5.76. The first kappa shape index (κ1) is 16.0. The summed E-state index contributed by atoms with van der Waals surface area (Å²) in [5.41, 5.74) is 0. The normalized spacial score (nSPS) is 11.0. The van der Waals surface area contributed by atoms with Gasteiger partial charge in [0.15, 0.2) is 0 Å². The Balaban J connectivity index is 2.02. The Hall–Kier alpha value is -2.48. The zero-order chi connectivity index (χ0) is 17.2. The minimum atomic E-state index is 0.236. The van der Waals surface area contributed by atoms with E-state index < -0.39 is 0 Å². The van der Waals surface area contributed by atoms with Gasteiger partial charge >= 0.3 is 153 Å². The van der Waals surface area contributed by atoms with Gasteiger partial charge in [-0.05, 0) is 0 Å². The molecule has 0 saturated carbocycles. The molecule has 0 spiro atoms. The summed E-state index contributed by atoms with van der Waals surface area (Å²) in [7, 11) is 3.40. The minimum absolute atomic E-state index is 0.236. The molecule has 0 bridgehead atoms. The summed E-state index contributed by atoms with van der Waals surface area (Å²) in [6.07, 6.45) is 0. The number of hydrogen-bond donors (Lipinski definition) is 0. The van der Waals surface area contributed by atoms with Crippen LogP contribution in [0.3, 0.4) is 0 Å². The van der Waals surface area contributed by atoms with Gasteiger partial charge in [0, 0.05) is 0 Å². The van der Waals surface area contributed by atoms with Crippen LogP contribution in [0.15, 0.2) is 72.8 Å². The van der Waals surface area contributed by atoms with Crippen LogP contribution in [0.2, 0.25) is 0 Å². The van der Waals surface area contributed by atoms with Crippen LogP contribution in [-0.4, -0.2) is 29.2 Å². The van der Waals surface area contributed by atoms with E-state index in [1.54, 1.807) is 14.2 Å². The van der Waals surface area contributed by atoms with Crippen molar-refractivity contribution in [2.75, 3.05) is 14.2 Å². The second kappa shape index (κ2) is 6.79. The van der Waals surface area contributed by atoms with Crippen LogP contribution in [0.1, 0.15) is 0 Å². The molecule has 0 radical (unpaired) electrons. The summed E-state index contributed by atoms with van der Waals surface area (Å²) in [6.45, 7) is 0. The van der Waals surface area contributed by atoms with Crippen LogP contribution in [-0.2, 0) is 0 Å². The Morgan fingerprint density at radius 2 is 1.36 bits per heavy atom. The van der Waals surface area contributed by atoms with Crippen LogP contribution >= 0.6 is 0 Å². The molecule has 25 heavy (non-hydrogen) atoms. The first-order chi connectivity index (χ1) is 12.3. The summed E-state index contributed by atoms with van der Waals surface area (Å²) in [5, 5.41) is 4.84. The molecule has 0 aliphatic carbocycles.